The van der Waals surface area contributed by atoms with Crippen LogP contribution in [0.2, 0.25) is 0 Å². The molecule has 4 nitrogen and oxygen atoms in total. The maximum absolute atomic E-state index is 11.0. The van der Waals surface area contributed by atoms with Crippen molar-refractivity contribution in [2.75, 3.05) is 24.6 Å². The van der Waals surface area contributed by atoms with Crippen LogP contribution in [0.3, 0.4) is 0 Å². The SMILES string of the molecule is C#CCN(CC(C)C(=O)O)c1ccccc1OCC. The molecular formula is C15H19NO3. The molecule has 1 unspecified atom stereocenters. The van der Waals surface area contributed by atoms with Crippen LogP contribution in [-0.2, 0) is 4.79 Å². The van der Waals surface area contributed by atoms with Crippen molar-refractivity contribution in [3.63, 3.8) is 0 Å². The number of hydrogen-bond acceptors (Lipinski definition) is 3. The predicted octanol–water partition coefficient (Wildman–Crippen LogP) is 2.25. The minimum atomic E-state index is -0.837. The number of anilines is 1. The van der Waals surface area contributed by atoms with Gasteiger partial charge in [0.15, 0.2) is 0 Å². The number of carboxylic acid groups (broad SMARTS) is 1. The van der Waals surface area contributed by atoms with Gasteiger partial charge in [0.2, 0.25) is 0 Å². The van der Waals surface area contributed by atoms with E-state index in [4.69, 9.17) is 16.3 Å². The lowest BCUT2D eigenvalue weighted by Crippen LogP contribution is -2.32. The Balaban J connectivity index is 2.98. The first-order chi connectivity index (χ1) is 9.10. The van der Waals surface area contributed by atoms with Crippen molar-refractivity contribution < 1.29 is 14.6 Å². The molecule has 0 aliphatic rings. The third-order valence-corrected chi connectivity index (χ3v) is 2.70. The van der Waals surface area contributed by atoms with Gasteiger partial charge in [-0.2, -0.15) is 0 Å². The van der Waals surface area contributed by atoms with Gasteiger partial charge in [0, 0.05) is 6.54 Å². The van der Waals surface area contributed by atoms with Crippen LogP contribution in [0.1, 0.15) is 13.8 Å². The third-order valence-electron chi connectivity index (χ3n) is 2.70. The van der Waals surface area contributed by atoms with Gasteiger partial charge in [0.05, 0.1) is 24.8 Å². The van der Waals surface area contributed by atoms with Crippen molar-refractivity contribution >= 4 is 11.7 Å². The van der Waals surface area contributed by atoms with E-state index in [1.165, 1.54) is 0 Å². The molecule has 0 spiro atoms. The summed E-state index contributed by atoms with van der Waals surface area (Å²) in [5.41, 5.74) is 0.829. The van der Waals surface area contributed by atoms with Crippen LogP contribution in [-0.4, -0.2) is 30.8 Å². The van der Waals surface area contributed by atoms with E-state index >= 15 is 0 Å². The lowest BCUT2D eigenvalue weighted by molar-refractivity contribution is -0.140. The predicted molar refractivity (Wildman–Crippen MR) is 75.5 cm³/mol. The number of rotatable bonds is 7. The summed E-state index contributed by atoms with van der Waals surface area (Å²) in [6.45, 7) is 4.82. The van der Waals surface area contributed by atoms with E-state index in [1.807, 2.05) is 36.1 Å². The zero-order chi connectivity index (χ0) is 14.3. The van der Waals surface area contributed by atoms with Crippen molar-refractivity contribution in [2.24, 2.45) is 5.92 Å². The highest BCUT2D eigenvalue weighted by Gasteiger charge is 2.18. The minimum absolute atomic E-state index is 0.349. The molecule has 1 rings (SSSR count). The Morgan fingerprint density at radius 1 is 1.53 bits per heavy atom. The van der Waals surface area contributed by atoms with Gasteiger partial charge >= 0.3 is 5.97 Å². The van der Waals surface area contributed by atoms with Crippen LogP contribution >= 0.6 is 0 Å². The molecule has 0 aromatic heterocycles. The highest BCUT2D eigenvalue weighted by Crippen LogP contribution is 2.28. The second-order valence-electron chi connectivity index (χ2n) is 4.22. The summed E-state index contributed by atoms with van der Waals surface area (Å²) in [7, 11) is 0. The number of carbonyl (C=O) groups is 1. The highest BCUT2D eigenvalue weighted by atomic mass is 16.5. The first kappa shape index (κ1) is 14.9. The largest absolute Gasteiger partial charge is 0.492 e. The average Bonchev–Trinajstić information content (AvgIpc) is 2.39. The minimum Gasteiger partial charge on any atom is -0.492 e. The highest BCUT2D eigenvalue weighted by molar-refractivity contribution is 5.71. The number of aliphatic carboxylic acids is 1. The molecule has 0 saturated heterocycles. The smallest absolute Gasteiger partial charge is 0.308 e. The summed E-state index contributed by atoms with van der Waals surface area (Å²) in [4.78, 5) is 12.8. The van der Waals surface area contributed by atoms with Crippen LogP contribution in [0, 0.1) is 18.3 Å². The Morgan fingerprint density at radius 3 is 2.79 bits per heavy atom. The number of benzene rings is 1. The number of nitrogens with zero attached hydrogens (tertiary/aromatic N) is 1. The van der Waals surface area contributed by atoms with Gasteiger partial charge in [-0.15, -0.1) is 6.42 Å². The Hall–Kier alpha value is -2.15. The summed E-state index contributed by atoms with van der Waals surface area (Å²) >= 11 is 0. The fraction of sp³-hybridized carbons (Fsp3) is 0.400. The van der Waals surface area contributed by atoms with Crippen molar-refractivity contribution in [1.82, 2.24) is 0 Å². The molecule has 1 atom stereocenters. The standard InChI is InChI=1S/C15H19NO3/c1-4-10-16(11-12(3)15(17)18)13-8-6-7-9-14(13)19-5-2/h1,6-9,12H,5,10-11H2,2-3H3,(H,17,18). The van der Waals surface area contributed by atoms with E-state index in [9.17, 15) is 4.79 Å². The zero-order valence-corrected chi connectivity index (χ0v) is 11.3. The van der Waals surface area contributed by atoms with Crippen LogP contribution in [0.15, 0.2) is 24.3 Å². The van der Waals surface area contributed by atoms with Crippen molar-refractivity contribution in [3.8, 4) is 18.1 Å². The molecule has 0 amide bonds. The molecule has 19 heavy (non-hydrogen) atoms. The molecule has 1 aromatic rings. The van der Waals surface area contributed by atoms with E-state index in [-0.39, 0.29) is 0 Å². The molecule has 4 heteroatoms. The lowest BCUT2D eigenvalue weighted by Gasteiger charge is -2.26. The normalized spacial score (nSPS) is 11.4. The topological polar surface area (TPSA) is 49.8 Å². The van der Waals surface area contributed by atoms with E-state index in [0.29, 0.717) is 19.7 Å². The molecular weight excluding hydrogens is 242 g/mol. The molecule has 1 N–H and O–H groups in total. The van der Waals surface area contributed by atoms with E-state index in [2.05, 4.69) is 5.92 Å². The monoisotopic (exact) mass is 261 g/mol. The molecule has 0 aliphatic carbocycles. The molecule has 102 valence electrons. The molecule has 0 aliphatic heterocycles. The van der Waals surface area contributed by atoms with Crippen LogP contribution in [0.25, 0.3) is 0 Å². The van der Waals surface area contributed by atoms with E-state index in [1.54, 1.807) is 6.92 Å². The molecule has 1 aromatic carbocycles. The maximum Gasteiger partial charge on any atom is 0.308 e. The quantitative estimate of drug-likeness (QED) is 0.765. The summed E-state index contributed by atoms with van der Waals surface area (Å²) < 4.78 is 5.55. The fourth-order valence-corrected chi connectivity index (χ4v) is 1.76. The van der Waals surface area contributed by atoms with Gasteiger partial charge in [-0.1, -0.05) is 25.0 Å². The number of hydrogen-bond donors (Lipinski definition) is 1. The molecule has 0 fully saturated rings. The molecule has 0 bridgehead atoms. The van der Waals surface area contributed by atoms with Gasteiger partial charge in [0.25, 0.3) is 0 Å². The Bertz CT molecular complexity index is 465. The fourth-order valence-electron chi connectivity index (χ4n) is 1.76. The first-order valence-electron chi connectivity index (χ1n) is 6.23. The molecule has 0 saturated carbocycles. The number of terminal acetylenes is 1. The van der Waals surface area contributed by atoms with Gasteiger partial charge in [-0.05, 0) is 19.1 Å². The second kappa shape index (κ2) is 7.32. The Morgan fingerprint density at radius 2 is 2.21 bits per heavy atom. The van der Waals surface area contributed by atoms with Crippen LogP contribution in [0.4, 0.5) is 5.69 Å². The first-order valence-corrected chi connectivity index (χ1v) is 6.23. The summed E-state index contributed by atoms with van der Waals surface area (Å²) in [6.07, 6.45) is 5.36. The Labute approximate surface area is 114 Å². The number of carboxylic acids is 1. The van der Waals surface area contributed by atoms with E-state index in [0.717, 1.165) is 11.4 Å². The van der Waals surface area contributed by atoms with Crippen LogP contribution in [0.5, 0.6) is 5.75 Å². The Kier molecular flexibility index (Phi) is 5.74. The lowest BCUT2D eigenvalue weighted by atomic mass is 10.1. The average molecular weight is 261 g/mol. The van der Waals surface area contributed by atoms with Crippen molar-refractivity contribution in [3.05, 3.63) is 24.3 Å². The van der Waals surface area contributed by atoms with Crippen molar-refractivity contribution in [2.45, 2.75) is 13.8 Å². The third kappa shape index (κ3) is 4.22. The molecule has 0 heterocycles. The summed E-state index contributed by atoms with van der Waals surface area (Å²) in [5, 5.41) is 9.01. The molecule has 0 radical (unpaired) electrons. The summed E-state index contributed by atoms with van der Waals surface area (Å²) in [5.74, 6) is 1.94. The number of ether oxygens (including phenoxy) is 1. The van der Waals surface area contributed by atoms with Gasteiger partial charge in [-0.3, -0.25) is 4.79 Å². The second-order valence-corrected chi connectivity index (χ2v) is 4.22. The maximum atomic E-state index is 11.0. The van der Waals surface area contributed by atoms with Gasteiger partial charge in [0.1, 0.15) is 5.75 Å². The van der Waals surface area contributed by atoms with Crippen LogP contribution < -0.4 is 9.64 Å². The van der Waals surface area contributed by atoms with Gasteiger partial charge < -0.3 is 14.7 Å². The van der Waals surface area contributed by atoms with Gasteiger partial charge in [-0.25, -0.2) is 0 Å². The summed E-state index contributed by atoms with van der Waals surface area (Å²) in [6, 6.07) is 7.50. The van der Waals surface area contributed by atoms with Crippen molar-refractivity contribution in [1.29, 1.82) is 0 Å². The zero-order valence-electron chi connectivity index (χ0n) is 11.3. The van der Waals surface area contributed by atoms with E-state index < -0.39 is 11.9 Å². The number of para-hydroxylation sites is 2.